The minimum absolute atomic E-state index is 0.00552. The first-order valence-corrected chi connectivity index (χ1v) is 10.9. The first-order chi connectivity index (χ1) is 15.9. The molecule has 182 valence electrons. The number of ether oxygens (including phenoxy) is 2. The van der Waals surface area contributed by atoms with E-state index in [0.29, 0.717) is 6.42 Å². The molecular formula is C22H33N5O6. The summed E-state index contributed by atoms with van der Waals surface area (Å²) in [5.41, 5.74) is 1.94. The van der Waals surface area contributed by atoms with Gasteiger partial charge in [-0.3, -0.25) is 9.63 Å². The number of nitrogens with zero attached hydrogens (tertiary/aromatic N) is 2. The van der Waals surface area contributed by atoms with Crippen LogP contribution in [-0.4, -0.2) is 68.7 Å². The highest BCUT2D eigenvalue weighted by Crippen LogP contribution is 2.33. The van der Waals surface area contributed by atoms with Crippen molar-refractivity contribution in [3.63, 3.8) is 0 Å². The number of hydroxylamine groups is 2. The van der Waals surface area contributed by atoms with E-state index in [1.165, 1.54) is 7.11 Å². The molecule has 4 N–H and O–H groups in total. The van der Waals surface area contributed by atoms with Crippen LogP contribution >= 0.6 is 0 Å². The summed E-state index contributed by atoms with van der Waals surface area (Å²) in [6.45, 7) is 2.10. The summed E-state index contributed by atoms with van der Waals surface area (Å²) in [6, 6.07) is 6.70. The van der Waals surface area contributed by atoms with Crippen molar-refractivity contribution in [1.82, 2.24) is 15.7 Å². The fourth-order valence-electron chi connectivity index (χ4n) is 3.43. The molecule has 1 heterocycles. The maximum atomic E-state index is 12.4. The number of benzene rings is 1. The molecule has 0 bridgehead atoms. The molecule has 1 aliphatic rings. The average molecular weight is 464 g/mol. The molecule has 1 fully saturated rings. The van der Waals surface area contributed by atoms with Gasteiger partial charge < -0.3 is 25.9 Å². The van der Waals surface area contributed by atoms with E-state index in [1.54, 1.807) is 11.3 Å². The van der Waals surface area contributed by atoms with Crippen LogP contribution in [0.5, 0.6) is 0 Å². The van der Waals surface area contributed by atoms with E-state index in [4.69, 9.17) is 20.2 Å². The summed E-state index contributed by atoms with van der Waals surface area (Å²) in [5, 5.41) is 10.3. The average Bonchev–Trinajstić information content (AvgIpc) is 3.16. The second-order valence-corrected chi connectivity index (χ2v) is 7.69. The first-order valence-electron chi connectivity index (χ1n) is 10.9. The van der Waals surface area contributed by atoms with E-state index in [9.17, 15) is 14.4 Å². The third-order valence-corrected chi connectivity index (χ3v) is 5.21. The topological polar surface area (TPSA) is 145 Å². The number of hydrogen-bond acceptors (Lipinski definition) is 9. The summed E-state index contributed by atoms with van der Waals surface area (Å²) in [4.78, 5) is 42.1. The van der Waals surface area contributed by atoms with Crippen LogP contribution in [0.3, 0.4) is 0 Å². The normalized spacial score (nSPS) is 19.2. The molecule has 11 nitrogen and oxygen atoms in total. The number of hydrazone groups is 1. The summed E-state index contributed by atoms with van der Waals surface area (Å²) >= 11 is 0. The number of nitrogens with one attached hydrogen (secondary N) is 2. The Morgan fingerprint density at radius 2 is 2.06 bits per heavy atom. The molecule has 0 unspecified atom stereocenters. The molecule has 0 aliphatic carbocycles. The van der Waals surface area contributed by atoms with Gasteiger partial charge >= 0.3 is 12.1 Å². The fraction of sp³-hybridized carbons (Fsp3) is 0.545. The van der Waals surface area contributed by atoms with Crippen molar-refractivity contribution in [1.29, 1.82) is 0 Å². The Balaban J connectivity index is 1.84. The predicted molar refractivity (Wildman–Crippen MR) is 121 cm³/mol. The zero-order valence-electron chi connectivity index (χ0n) is 19.3. The lowest BCUT2D eigenvalue weighted by Gasteiger charge is -2.18. The molecule has 11 heteroatoms. The lowest BCUT2D eigenvalue weighted by atomic mass is 9.99. The van der Waals surface area contributed by atoms with Gasteiger partial charge in [-0.05, 0) is 24.0 Å². The van der Waals surface area contributed by atoms with E-state index in [-0.39, 0.29) is 37.6 Å². The molecule has 0 spiro atoms. The largest absolute Gasteiger partial charge is 0.467 e. The van der Waals surface area contributed by atoms with Crippen molar-refractivity contribution < 1.29 is 28.7 Å². The number of rotatable bonds is 11. The minimum Gasteiger partial charge on any atom is -0.467 e. The number of unbranched alkanes of at least 4 members (excludes halogenated alkanes) is 1. The standard InChI is InChI=1S/C22H33N5O6/c1-4-5-10-32-22(30)26-18(21(29)31-3)14-24-20(28)12-17-11-19(27(2)33-17)16-8-6-15(7-9-16)13-25-23/h6-9,13,17-19H,4-5,10-12,14,23H2,1-3H3,(H,24,28)(H,26,30)/t17-,18-,19+/m0/s1. The number of nitrogens with two attached hydrogens (primary N) is 1. The molecule has 1 aromatic carbocycles. The first kappa shape index (κ1) is 26.1. The summed E-state index contributed by atoms with van der Waals surface area (Å²) in [5.74, 6) is 4.19. The second-order valence-electron chi connectivity index (χ2n) is 7.69. The van der Waals surface area contributed by atoms with Gasteiger partial charge in [-0.2, -0.15) is 10.2 Å². The number of hydrogen-bond donors (Lipinski definition) is 3. The van der Waals surface area contributed by atoms with Crippen molar-refractivity contribution in [3.8, 4) is 0 Å². The molecular weight excluding hydrogens is 430 g/mol. The van der Waals surface area contributed by atoms with Crippen molar-refractivity contribution >= 4 is 24.2 Å². The molecule has 0 radical (unpaired) electrons. The van der Waals surface area contributed by atoms with Crippen LogP contribution in [0, 0.1) is 0 Å². The third kappa shape index (κ3) is 8.35. The Bertz CT molecular complexity index is 816. The third-order valence-electron chi connectivity index (χ3n) is 5.21. The zero-order chi connectivity index (χ0) is 24.2. The van der Waals surface area contributed by atoms with Crippen LogP contribution in [-0.2, 0) is 23.9 Å². The molecule has 1 aromatic rings. The minimum atomic E-state index is -1.05. The van der Waals surface area contributed by atoms with Crippen LogP contribution in [0.4, 0.5) is 4.79 Å². The van der Waals surface area contributed by atoms with Crippen molar-refractivity contribution in [3.05, 3.63) is 35.4 Å². The van der Waals surface area contributed by atoms with Crippen LogP contribution in [0.2, 0.25) is 0 Å². The zero-order valence-corrected chi connectivity index (χ0v) is 19.3. The van der Waals surface area contributed by atoms with Crippen molar-refractivity contribution in [2.45, 2.75) is 50.8 Å². The maximum Gasteiger partial charge on any atom is 0.407 e. The van der Waals surface area contributed by atoms with Crippen LogP contribution in [0.1, 0.15) is 49.8 Å². The number of esters is 1. The van der Waals surface area contributed by atoms with Crippen LogP contribution in [0.15, 0.2) is 29.4 Å². The quantitative estimate of drug-likeness (QED) is 0.146. The van der Waals surface area contributed by atoms with Crippen molar-refractivity contribution in [2.24, 2.45) is 10.9 Å². The SMILES string of the molecule is CCCCOC(=O)N[C@@H](CNC(=O)C[C@@H]1C[C@H](c2ccc(C=NN)cc2)N(C)O1)C(=O)OC. The molecule has 33 heavy (non-hydrogen) atoms. The van der Waals surface area contributed by atoms with Gasteiger partial charge in [0.15, 0.2) is 0 Å². The van der Waals surface area contributed by atoms with E-state index < -0.39 is 18.1 Å². The summed E-state index contributed by atoms with van der Waals surface area (Å²) < 4.78 is 9.70. The second kappa shape index (κ2) is 13.4. The Labute approximate surface area is 193 Å². The van der Waals surface area contributed by atoms with Gasteiger partial charge in [0.05, 0.1) is 38.5 Å². The smallest absolute Gasteiger partial charge is 0.407 e. The molecule has 2 amide bonds. The molecule has 1 saturated heterocycles. The number of alkyl carbamates (subject to hydrolysis) is 1. The van der Waals surface area contributed by atoms with Gasteiger partial charge in [-0.15, -0.1) is 0 Å². The van der Waals surface area contributed by atoms with Crippen LogP contribution in [0.25, 0.3) is 0 Å². The number of carbonyl (C=O) groups excluding carboxylic acids is 3. The highest BCUT2D eigenvalue weighted by atomic mass is 16.7. The Morgan fingerprint density at radius 3 is 2.70 bits per heavy atom. The molecule has 1 aliphatic heterocycles. The Kier molecular flexibility index (Phi) is 10.6. The fourth-order valence-corrected chi connectivity index (χ4v) is 3.43. The van der Waals surface area contributed by atoms with Gasteiger partial charge in [0.2, 0.25) is 5.91 Å². The summed E-state index contributed by atoms with van der Waals surface area (Å²) in [6.07, 6.45) is 2.82. The lowest BCUT2D eigenvalue weighted by Crippen LogP contribution is -2.49. The molecule has 0 aromatic heterocycles. The lowest BCUT2D eigenvalue weighted by molar-refractivity contribution is -0.152. The molecule has 3 atom stereocenters. The molecule has 0 saturated carbocycles. The highest BCUT2D eigenvalue weighted by molar-refractivity contribution is 5.83. The van der Waals surface area contributed by atoms with E-state index in [0.717, 1.165) is 24.0 Å². The van der Waals surface area contributed by atoms with Gasteiger partial charge in [-0.25, -0.2) is 9.59 Å². The van der Waals surface area contributed by atoms with Gasteiger partial charge in [0, 0.05) is 13.6 Å². The monoisotopic (exact) mass is 463 g/mol. The molecule has 2 rings (SSSR count). The maximum absolute atomic E-state index is 12.4. The Hall–Kier alpha value is -3.18. The van der Waals surface area contributed by atoms with Crippen molar-refractivity contribution in [2.75, 3.05) is 27.3 Å². The highest BCUT2D eigenvalue weighted by Gasteiger charge is 2.33. The van der Waals surface area contributed by atoms with Gasteiger partial charge in [0.1, 0.15) is 6.04 Å². The number of carbonyl (C=O) groups is 3. The van der Waals surface area contributed by atoms with Gasteiger partial charge in [-0.1, -0.05) is 37.6 Å². The van der Waals surface area contributed by atoms with E-state index in [2.05, 4.69) is 15.7 Å². The summed E-state index contributed by atoms with van der Waals surface area (Å²) in [7, 11) is 3.03. The van der Waals surface area contributed by atoms with E-state index in [1.807, 2.05) is 38.2 Å². The predicted octanol–water partition coefficient (Wildman–Crippen LogP) is 1.23. The van der Waals surface area contributed by atoms with Crippen LogP contribution < -0.4 is 16.5 Å². The number of methoxy groups -OCH3 is 1. The van der Waals surface area contributed by atoms with Gasteiger partial charge in [0.25, 0.3) is 0 Å². The number of amides is 2. The van der Waals surface area contributed by atoms with E-state index >= 15 is 0 Å². The Morgan fingerprint density at radius 1 is 1.33 bits per heavy atom.